The van der Waals surface area contributed by atoms with Crippen molar-refractivity contribution in [2.24, 2.45) is 4.99 Å². The lowest BCUT2D eigenvalue weighted by atomic mass is 9.96. The van der Waals surface area contributed by atoms with Crippen LogP contribution < -0.4 is 21.9 Å². The minimum Gasteiger partial charge on any atom is -0.494 e. The van der Waals surface area contributed by atoms with Crippen LogP contribution in [0.3, 0.4) is 0 Å². The normalized spacial score (nSPS) is 17.1. The van der Waals surface area contributed by atoms with Gasteiger partial charge in [-0.1, -0.05) is 49.9 Å². The number of aromatic nitrogens is 2. The quantitative estimate of drug-likeness (QED) is 0.319. The summed E-state index contributed by atoms with van der Waals surface area (Å²) in [6, 6.07) is 11.4. The number of carbonyl (C=O) groups is 2. The molecule has 1 aliphatic heterocycles. The predicted octanol–water partition coefficient (Wildman–Crippen LogP) is 2.74. The van der Waals surface area contributed by atoms with Crippen molar-refractivity contribution in [2.75, 3.05) is 5.32 Å². The Kier molecular flexibility index (Phi) is 7.58. The first-order chi connectivity index (χ1) is 17.6. The Balaban J connectivity index is 1.60. The Hall–Kier alpha value is -4.19. The van der Waals surface area contributed by atoms with Crippen LogP contribution in [-0.2, 0) is 9.59 Å². The molecule has 5 N–H and O–H groups in total. The number of amides is 2. The van der Waals surface area contributed by atoms with Gasteiger partial charge in [-0.15, -0.1) is 0 Å². The van der Waals surface area contributed by atoms with Crippen molar-refractivity contribution in [1.29, 1.82) is 0 Å². The number of benzene rings is 2. The average molecular weight is 526 g/mol. The number of carbonyl (C=O) groups excluding carboxylic acids is 2. The van der Waals surface area contributed by atoms with E-state index >= 15 is 0 Å². The van der Waals surface area contributed by atoms with E-state index in [9.17, 15) is 28.7 Å². The number of thioether (sulfide) groups is 1. The van der Waals surface area contributed by atoms with E-state index in [1.165, 1.54) is 24.3 Å². The van der Waals surface area contributed by atoms with Gasteiger partial charge >= 0.3 is 5.69 Å². The molecule has 0 aliphatic carbocycles. The van der Waals surface area contributed by atoms with E-state index in [1.807, 2.05) is 26.0 Å². The number of rotatable bonds is 7. The van der Waals surface area contributed by atoms with Gasteiger partial charge in [0.25, 0.3) is 5.56 Å². The second kappa shape index (κ2) is 10.8. The number of aliphatic imine (C=N–C) groups is 1. The van der Waals surface area contributed by atoms with Crippen LogP contribution in [0.1, 0.15) is 48.9 Å². The molecule has 1 aliphatic rings. The van der Waals surface area contributed by atoms with E-state index in [2.05, 4.69) is 25.6 Å². The van der Waals surface area contributed by atoms with E-state index in [4.69, 9.17) is 0 Å². The number of H-pyrrole nitrogens is 2. The van der Waals surface area contributed by atoms with Crippen LogP contribution in [-0.4, -0.2) is 37.3 Å². The summed E-state index contributed by atoms with van der Waals surface area (Å²) in [5.41, 5.74) is 0.0809. The van der Waals surface area contributed by atoms with Crippen LogP contribution in [0.2, 0.25) is 0 Å². The molecule has 37 heavy (non-hydrogen) atoms. The molecule has 4 rings (SSSR count). The molecule has 10 nitrogen and oxygen atoms in total. The van der Waals surface area contributed by atoms with Crippen molar-refractivity contribution in [3.05, 3.63) is 91.9 Å². The van der Waals surface area contributed by atoms with Gasteiger partial charge in [-0.3, -0.25) is 24.4 Å². The van der Waals surface area contributed by atoms with Gasteiger partial charge in [0.1, 0.15) is 22.7 Å². The number of nitrogens with one attached hydrogen (secondary N) is 4. The molecular weight excluding hydrogens is 501 g/mol. The van der Waals surface area contributed by atoms with Gasteiger partial charge in [-0.25, -0.2) is 14.2 Å². The standard InChI is InChI=1S/C25H24FN5O5S/c1-12(2)13-3-5-14(6-4-13)20(19-22(34)29-24(36)30-23(19)35)28-25-31-21(33)17(37-25)11-18(32)27-16-9-7-15(26)8-10-16/h3-10,12,17,20H,11H2,1-2H3,(H,27,32)(H,28,31,33)(H3,29,30,34,35,36)/t17-,20-/m0/s1. The van der Waals surface area contributed by atoms with Crippen molar-refractivity contribution in [2.45, 2.75) is 37.5 Å². The minimum atomic E-state index is -1.06. The van der Waals surface area contributed by atoms with Gasteiger partial charge in [0.05, 0.1) is 0 Å². The lowest BCUT2D eigenvalue weighted by molar-refractivity contribution is -0.122. The summed E-state index contributed by atoms with van der Waals surface area (Å²) >= 11 is 1.00. The van der Waals surface area contributed by atoms with Gasteiger partial charge in [-0.2, -0.15) is 0 Å². The summed E-state index contributed by atoms with van der Waals surface area (Å²) in [7, 11) is 0. The Bertz CT molecular complexity index is 1460. The fourth-order valence-corrected chi connectivity index (χ4v) is 4.73. The van der Waals surface area contributed by atoms with Crippen molar-refractivity contribution < 1.29 is 19.1 Å². The molecule has 1 aromatic heterocycles. The highest BCUT2D eigenvalue weighted by atomic mass is 32.2. The van der Waals surface area contributed by atoms with Crippen LogP contribution in [0.5, 0.6) is 5.88 Å². The summed E-state index contributed by atoms with van der Waals surface area (Å²) in [5, 5.41) is 14.9. The first kappa shape index (κ1) is 25.9. The molecule has 1 saturated heterocycles. The van der Waals surface area contributed by atoms with Crippen LogP contribution in [0.25, 0.3) is 0 Å². The third-order valence-electron chi connectivity index (χ3n) is 5.67. The maximum Gasteiger partial charge on any atom is 0.328 e. The average Bonchev–Trinajstić information content (AvgIpc) is 3.17. The number of hydrogen-bond donors (Lipinski definition) is 5. The SMILES string of the molecule is CC(C)c1ccc([C@H](N=C2NC(=O)[C@H](CC(=O)Nc3ccc(F)cc3)S2)c2c(O)[nH]c(=O)[nH]c2=O)cc1. The smallest absolute Gasteiger partial charge is 0.328 e. The van der Waals surface area contributed by atoms with Crippen molar-refractivity contribution in [1.82, 2.24) is 15.3 Å². The van der Waals surface area contributed by atoms with E-state index in [-0.39, 0.29) is 23.1 Å². The molecule has 0 spiro atoms. The van der Waals surface area contributed by atoms with Gasteiger partial charge in [0, 0.05) is 12.1 Å². The van der Waals surface area contributed by atoms with Gasteiger partial charge < -0.3 is 15.7 Å². The van der Waals surface area contributed by atoms with Crippen LogP contribution in [0.4, 0.5) is 10.1 Å². The third kappa shape index (κ3) is 6.15. The summed E-state index contributed by atoms with van der Waals surface area (Å²) in [5.74, 6) is -1.72. The third-order valence-corrected chi connectivity index (χ3v) is 6.77. The second-order valence-corrected chi connectivity index (χ2v) is 9.88. The molecule has 0 radical (unpaired) electrons. The maximum atomic E-state index is 13.1. The highest BCUT2D eigenvalue weighted by Crippen LogP contribution is 2.32. The second-order valence-electron chi connectivity index (χ2n) is 8.68. The molecule has 2 amide bonds. The largest absolute Gasteiger partial charge is 0.494 e. The maximum absolute atomic E-state index is 13.1. The van der Waals surface area contributed by atoms with Crippen LogP contribution >= 0.6 is 11.8 Å². The monoisotopic (exact) mass is 525 g/mol. The molecule has 3 aromatic rings. The Morgan fingerprint density at radius 1 is 1.05 bits per heavy atom. The number of aromatic hydroxyl groups is 1. The molecule has 1 fully saturated rings. The number of anilines is 1. The molecule has 2 aromatic carbocycles. The van der Waals surface area contributed by atoms with Crippen molar-refractivity contribution in [3.63, 3.8) is 0 Å². The van der Waals surface area contributed by atoms with Crippen molar-refractivity contribution in [3.8, 4) is 5.88 Å². The molecule has 0 saturated carbocycles. The Labute approximate surface area is 214 Å². The molecular formula is C25H24FN5O5S. The molecule has 0 bridgehead atoms. The number of nitrogens with zero attached hydrogens (tertiary/aromatic N) is 1. The van der Waals surface area contributed by atoms with E-state index in [0.717, 1.165) is 17.3 Å². The number of aromatic amines is 2. The molecule has 192 valence electrons. The lowest BCUT2D eigenvalue weighted by Crippen LogP contribution is -2.29. The highest BCUT2D eigenvalue weighted by molar-refractivity contribution is 8.15. The molecule has 0 unspecified atom stereocenters. The number of hydrogen-bond acceptors (Lipinski definition) is 7. The summed E-state index contributed by atoms with van der Waals surface area (Å²) < 4.78 is 13.1. The Morgan fingerprint density at radius 3 is 2.32 bits per heavy atom. The zero-order chi connectivity index (χ0) is 26.7. The van der Waals surface area contributed by atoms with Crippen LogP contribution in [0, 0.1) is 5.82 Å². The van der Waals surface area contributed by atoms with Gasteiger partial charge in [0.15, 0.2) is 5.17 Å². The minimum absolute atomic E-state index is 0.146. The first-order valence-corrected chi connectivity index (χ1v) is 12.2. The number of halogens is 1. The molecule has 12 heteroatoms. The van der Waals surface area contributed by atoms with Gasteiger partial charge in [0.2, 0.25) is 17.7 Å². The fourth-order valence-electron chi connectivity index (χ4n) is 3.74. The fraction of sp³-hybridized carbons (Fsp3) is 0.240. The van der Waals surface area contributed by atoms with E-state index in [1.54, 1.807) is 12.1 Å². The number of amidine groups is 1. The topological polar surface area (TPSA) is 157 Å². The first-order valence-electron chi connectivity index (χ1n) is 11.4. The lowest BCUT2D eigenvalue weighted by Gasteiger charge is -2.15. The zero-order valence-corrected chi connectivity index (χ0v) is 20.7. The van der Waals surface area contributed by atoms with E-state index in [0.29, 0.717) is 11.3 Å². The molecule has 2 heterocycles. The van der Waals surface area contributed by atoms with Gasteiger partial charge in [-0.05, 0) is 41.3 Å². The van der Waals surface area contributed by atoms with Crippen LogP contribution in [0.15, 0.2) is 63.1 Å². The highest BCUT2D eigenvalue weighted by Gasteiger charge is 2.34. The van der Waals surface area contributed by atoms with Crippen molar-refractivity contribution >= 4 is 34.4 Å². The summed E-state index contributed by atoms with van der Waals surface area (Å²) in [6.45, 7) is 4.06. The zero-order valence-electron chi connectivity index (χ0n) is 19.9. The summed E-state index contributed by atoms with van der Waals surface area (Å²) in [6.07, 6.45) is -0.175. The molecule has 2 atom stereocenters. The van der Waals surface area contributed by atoms with E-state index < -0.39 is 46.1 Å². The Morgan fingerprint density at radius 2 is 1.70 bits per heavy atom. The predicted molar refractivity (Wildman–Crippen MR) is 138 cm³/mol. The summed E-state index contributed by atoms with van der Waals surface area (Å²) in [4.78, 5) is 58.0.